The number of hydrogen-bond donors (Lipinski definition) is 2. The minimum atomic E-state index is -0.0474. The molecule has 0 aromatic carbocycles. The van der Waals surface area contributed by atoms with Crippen LogP contribution < -0.4 is 10.6 Å². The lowest BCUT2D eigenvalue weighted by molar-refractivity contribution is -0.119. The number of ether oxygens (including phenoxy) is 1. The minimum Gasteiger partial charge on any atom is -0.376 e. The third-order valence-electron chi connectivity index (χ3n) is 3.29. The first-order valence-corrected chi connectivity index (χ1v) is 9.62. The quantitative estimate of drug-likeness (QED) is 0.518. The van der Waals surface area contributed by atoms with Crippen LogP contribution in [0.3, 0.4) is 0 Å². The molecule has 1 aromatic heterocycles. The van der Waals surface area contributed by atoms with E-state index in [4.69, 9.17) is 4.74 Å². The van der Waals surface area contributed by atoms with Crippen LogP contribution in [0.15, 0.2) is 4.34 Å². The van der Waals surface area contributed by atoms with E-state index in [0.717, 1.165) is 32.3 Å². The van der Waals surface area contributed by atoms with E-state index in [0.29, 0.717) is 22.4 Å². The van der Waals surface area contributed by atoms with Crippen molar-refractivity contribution in [3.05, 3.63) is 0 Å². The van der Waals surface area contributed by atoms with Crippen LogP contribution in [0, 0.1) is 0 Å². The lowest BCUT2D eigenvalue weighted by Crippen LogP contribution is -2.32. The predicted octanol–water partition coefficient (Wildman–Crippen LogP) is 2.05. The number of nitrogens with one attached hydrogen (secondary N) is 2. The highest BCUT2D eigenvalue weighted by molar-refractivity contribution is 8.01. The Labute approximate surface area is 144 Å². The van der Waals surface area contributed by atoms with E-state index >= 15 is 0 Å². The molecule has 7 nitrogen and oxygen atoms in total. The molecule has 0 radical (unpaired) electrons. The van der Waals surface area contributed by atoms with Crippen LogP contribution >= 0.6 is 23.1 Å². The maximum atomic E-state index is 11.8. The van der Waals surface area contributed by atoms with Crippen molar-refractivity contribution in [3.63, 3.8) is 0 Å². The molecule has 2 amide bonds. The van der Waals surface area contributed by atoms with Gasteiger partial charge in [-0.15, -0.1) is 10.2 Å². The summed E-state index contributed by atoms with van der Waals surface area (Å²) in [5.74, 6) is 0.189. The first-order chi connectivity index (χ1) is 11.2. The first-order valence-electron chi connectivity index (χ1n) is 7.82. The maximum absolute atomic E-state index is 11.8. The zero-order valence-corrected chi connectivity index (χ0v) is 14.8. The molecule has 1 aliphatic heterocycles. The van der Waals surface area contributed by atoms with Gasteiger partial charge in [0, 0.05) is 19.6 Å². The molecule has 2 N–H and O–H groups in total. The van der Waals surface area contributed by atoms with Crippen LogP contribution in [0.4, 0.5) is 5.13 Å². The van der Waals surface area contributed by atoms with Crippen molar-refractivity contribution < 1.29 is 14.3 Å². The summed E-state index contributed by atoms with van der Waals surface area (Å²) >= 11 is 2.60. The maximum Gasteiger partial charge on any atom is 0.230 e. The van der Waals surface area contributed by atoms with Gasteiger partial charge in [-0.05, 0) is 19.3 Å². The average Bonchev–Trinajstić information content (AvgIpc) is 3.20. The number of carbonyl (C=O) groups is 2. The number of unbranched alkanes of at least 4 members (excludes halogenated alkanes) is 1. The highest BCUT2D eigenvalue weighted by atomic mass is 32.2. The van der Waals surface area contributed by atoms with Crippen LogP contribution in [0.2, 0.25) is 0 Å². The van der Waals surface area contributed by atoms with Gasteiger partial charge in [0.2, 0.25) is 16.9 Å². The van der Waals surface area contributed by atoms with E-state index in [1.807, 2.05) is 6.92 Å². The lowest BCUT2D eigenvalue weighted by atomic mass is 10.2. The van der Waals surface area contributed by atoms with Crippen molar-refractivity contribution in [1.82, 2.24) is 15.5 Å². The van der Waals surface area contributed by atoms with E-state index in [9.17, 15) is 9.59 Å². The molecule has 2 heterocycles. The molecule has 1 aromatic rings. The summed E-state index contributed by atoms with van der Waals surface area (Å²) in [6, 6.07) is 0. The highest BCUT2D eigenvalue weighted by Gasteiger charge is 2.16. The summed E-state index contributed by atoms with van der Waals surface area (Å²) in [5.41, 5.74) is 0. The zero-order chi connectivity index (χ0) is 16.5. The Balaban J connectivity index is 1.65. The molecule has 0 spiro atoms. The Bertz CT molecular complexity index is 518. The highest BCUT2D eigenvalue weighted by Crippen LogP contribution is 2.25. The molecule has 1 saturated heterocycles. The van der Waals surface area contributed by atoms with Crippen molar-refractivity contribution in [2.45, 2.75) is 49.5 Å². The smallest absolute Gasteiger partial charge is 0.230 e. The summed E-state index contributed by atoms with van der Waals surface area (Å²) in [7, 11) is 0. The molecular weight excluding hydrogens is 336 g/mol. The van der Waals surface area contributed by atoms with Gasteiger partial charge in [0.25, 0.3) is 0 Å². The van der Waals surface area contributed by atoms with Gasteiger partial charge >= 0.3 is 0 Å². The van der Waals surface area contributed by atoms with Crippen molar-refractivity contribution >= 4 is 40.0 Å². The molecule has 0 bridgehead atoms. The molecular formula is C14H22N4O3S2. The zero-order valence-electron chi connectivity index (χ0n) is 13.2. The summed E-state index contributed by atoms with van der Waals surface area (Å²) in [4.78, 5) is 23.4. The van der Waals surface area contributed by atoms with Gasteiger partial charge < -0.3 is 15.4 Å². The minimum absolute atomic E-state index is 0.0470. The van der Waals surface area contributed by atoms with Gasteiger partial charge in [-0.1, -0.05) is 36.4 Å². The van der Waals surface area contributed by atoms with Crippen LogP contribution in [0.5, 0.6) is 0 Å². The van der Waals surface area contributed by atoms with E-state index < -0.39 is 0 Å². The molecule has 0 saturated carbocycles. The fraction of sp³-hybridized carbons (Fsp3) is 0.714. The second kappa shape index (κ2) is 9.84. The molecule has 1 atom stereocenters. The number of carbonyl (C=O) groups excluding carboxylic acids is 2. The molecule has 9 heteroatoms. The van der Waals surface area contributed by atoms with Gasteiger partial charge in [0.15, 0.2) is 4.34 Å². The number of amides is 2. The molecule has 0 unspecified atom stereocenters. The summed E-state index contributed by atoms with van der Waals surface area (Å²) in [6.07, 6.45) is 4.54. The van der Waals surface area contributed by atoms with Crippen LogP contribution in [0.25, 0.3) is 0 Å². The monoisotopic (exact) mass is 358 g/mol. The van der Waals surface area contributed by atoms with Crippen LogP contribution in [-0.2, 0) is 14.3 Å². The van der Waals surface area contributed by atoms with Crippen LogP contribution in [-0.4, -0.2) is 47.0 Å². The summed E-state index contributed by atoms with van der Waals surface area (Å²) in [6.45, 7) is 3.39. The molecule has 1 aliphatic rings. The Morgan fingerprint density at radius 1 is 1.39 bits per heavy atom. The average molecular weight is 358 g/mol. The molecule has 2 rings (SSSR count). The Kier molecular flexibility index (Phi) is 7.77. The van der Waals surface area contributed by atoms with Gasteiger partial charge in [-0.3, -0.25) is 9.59 Å². The van der Waals surface area contributed by atoms with Gasteiger partial charge in [-0.25, -0.2) is 0 Å². The number of rotatable bonds is 9. The standard InChI is InChI=1S/C14H22N4O3S2/c1-2-3-6-11(19)16-13-17-18-14(23-13)22-9-12(20)15-8-10-5-4-7-21-10/h10H,2-9H2,1H3,(H,15,20)(H,16,17,19)/t10-/m1/s1. The number of thioether (sulfide) groups is 1. The number of anilines is 1. The Hall–Kier alpha value is -1.19. The third kappa shape index (κ3) is 6.84. The van der Waals surface area contributed by atoms with Gasteiger partial charge in [0.1, 0.15) is 0 Å². The topological polar surface area (TPSA) is 93.2 Å². The van der Waals surface area contributed by atoms with Crippen molar-refractivity contribution in [2.75, 3.05) is 24.2 Å². The fourth-order valence-corrected chi connectivity index (χ4v) is 3.65. The predicted molar refractivity (Wildman–Crippen MR) is 90.8 cm³/mol. The van der Waals surface area contributed by atoms with Crippen LogP contribution in [0.1, 0.15) is 39.0 Å². The largest absolute Gasteiger partial charge is 0.376 e. The summed E-state index contributed by atoms with van der Waals surface area (Å²) in [5, 5.41) is 13.9. The van der Waals surface area contributed by atoms with Gasteiger partial charge in [0.05, 0.1) is 11.9 Å². The second-order valence-corrected chi connectivity index (χ2v) is 7.45. The third-order valence-corrected chi connectivity index (χ3v) is 5.26. The molecule has 1 fully saturated rings. The Morgan fingerprint density at radius 3 is 3.00 bits per heavy atom. The number of nitrogens with zero attached hydrogens (tertiary/aromatic N) is 2. The fourth-order valence-electron chi connectivity index (χ4n) is 2.05. The normalized spacial score (nSPS) is 17.2. The van der Waals surface area contributed by atoms with Crippen molar-refractivity contribution in [2.24, 2.45) is 0 Å². The SMILES string of the molecule is CCCCC(=O)Nc1nnc(SCC(=O)NC[C@H]2CCCO2)s1. The van der Waals surface area contributed by atoms with E-state index in [1.165, 1.54) is 23.1 Å². The Morgan fingerprint density at radius 2 is 2.26 bits per heavy atom. The van der Waals surface area contributed by atoms with Crippen molar-refractivity contribution in [1.29, 1.82) is 0 Å². The lowest BCUT2D eigenvalue weighted by Gasteiger charge is -2.09. The molecule has 0 aliphatic carbocycles. The molecule has 128 valence electrons. The van der Waals surface area contributed by atoms with E-state index in [-0.39, 0.29) is 23.7 Å². The van der Waals surface area contributed by atoms with E-state index in [1.54, 1.807) is 0 Å². The first kappa shape index (κ1) is 18.2. The van der Waals surface area contributed by atoms with Crippen molar-refractivity contribution in [3.8, 4) is 0 Å². The molecule has 23 heavy (non-hydrogen) atoms. The second-order valence-electron chi connectivity index (χ2n) is 5.25. The van der Waals surface area contributed by atoms with Gasteiger partial charge in [-0.2, -0.15) is 0 Å². The van der Waals surface area contributed by atoms with E-state index in [2.05, 4.69) is 20.8 Å². The number of hydrogen-bond acceptors (Lipinski definition) is 7. The number of aromatic nitrogens is 2. The summed E-state index contributed by atoms with van der Waals surface area (Å²) < 4.78 is 6.12.